The van der Waals surface area contributed by atoms with Crippen molar-refractivity contribution in [1.82, 2.24) is 0 Å². The fraction of sp³-hybridized carbons (Fsp3) is 0.385. The van der Waals surface area contributed by atoms with E-state index in [-0.39, 0.29) is 0 Å². The second kappa shape index (κ2) is 5.03. The van der Waals surface area contributed by atoms with Crippen LogP contribution < -0.4 is 9.64 Å². The van der Waals surface area contributed by atoms with Gasteiger partial charge in [0.1, 0.15) is 12.0 Å². The minimum Gasteiger partial charge on any atom is -0.494 e. The van der Waals surface area contributed by atoms with Gasteiger partial charge in [-0.15, -0.1) is 0 Å². The molecule has 1 N–H and O–H groups in total. The number of ether oxygens (including phenoxy) is 1. The third kappa shape index (κ3) is 2.36. The Morgan fingerprint density at radius 3 is 2.75 bits per heavy atom. The van der Waals surface area contributed by atoms with Crippen LogP contribution in [0.3, 0.4) is 0 Å². The predicted octanol–water partition coefficient (Wildman–Crippen LogP) is 2.52. The monoisotopic (exact) mass is 219 g/mol. The molecule has 0 aliphatic carbocycles. The summed E-state index contributed by atoms with van der Waals surface area (Å²) in [5.74, 6) is 0.863. The summed E-state index contributed by atoms with van der Waals surface area (Å²) in [6.45, 7) is 2.64. The van der Waals surface area contributed by atoms with Crippen LogP contribution in [0.25, 0.3) is 0 Å². The van der Waals surface area contributed by atoms with E-state index >= 15 is 0 Å². The number of benzene rings is 1. The Labute approximate surface area is 96.0 Å². The van der Waals surface area contributed by atoms with Crippen molar-refractivity contribution in [3.63, 3.8) is 0 Å². The third-order valence-electron chi connectivity index (χ3n) is 2.62. The van der Waals surface area contributed by atoms with E-state index in [2.05, 4.69) is 6.08 Å². The van der Waals surface area contributed by atoms with Gasteiger partial charge in [-0.1, -0.05) is 6.08 Å². The van der Waals surface area contributed by atoms with E-state index in [0.717, 1.165) is 24.3 Å². The Balaban J connectivity index is 2.14. The van der Waals surface area contributed by atoms with Crippen molar-refractivity contribution < 1.29 is 9.84 Å². The molecule has 1 aliphatic rings. The average molecular weight is 219 g/mol. The number of nitrogens with zero attached hydrogens (tertiary/aromatic N) is 1. The first kappa shape index (κ1) is 11.0. The van der Waals surface area contributed by atoms with Crippen molar-refractivity contribution in [2.45, 2.75) is 26.0 Å². The van der Waals surface area contributed by atoms with E-state index in [4.69, 9.17) is 4.74 Å². The van der Waals surface area contributed by atoms with Gasteiger partial charge in [0.05, 0.1) is 6.61 Å². The first-order chi connectivity index (χ1) is 7.81. The lowest BCUT2D eigenvalue weighted by Crippen LogP contribution is -2.32. The van der Waals surface area contributed by atoms with Crippen molar-refractivity contribution in [1.29, 1.82) is 0 Å². The molecule has 0 amide bonds. The first-order valence-corrected chi connectivity index (χ1v) is 5.67. The summed E-state index contributed by atoms with van der Waals surface area (Å²) in [4.78, 5) is 1.87. The van der Waals surface area contributed by atoms with Crippen LogP contribution in [0.1, 0.15) is 19.8 Å². The summed E-state index contributed by atoms with van der Waals surface area (Å²) < 4.78 is 5.38. The fourth-order valence-electron chi connectivity index (χ4n) is 1.81. The molecule has 3 nitrogen and oxygen atoms in total. The van der Waals surface area contributed by atoms with E-state index < -0.39 is 6.23 Å². The van der Waals surface area contributed by atoms with Gasteiger partial charge in [-0.3, -0.25) is 0 Å². The number of hydrogen-bond donors (Lipinski definition) is 1. The highest BCUT2D eigenvalue weighted by Gasteiger charge is 2.16. The molecule has 16 heavy (non-hydrogen) atoms. The summed E-state index contributed by atoms with van der Waals surface area (Å²) in [7, 11) is 0. The number of allylic oxidation sites excluding steroid dienone is 1. The number of anilines is 1. The standard InChI is InChI=1S/C13H17NO2/c1-2-16-12-8-6-11(7-9-12)14-10-4-3-5-13(14)15/h4,6-10,13,15H,2-3,5H2,1H3. The smallest absolute Gasteiger partial charge is 0.131 e. The molecule has 2 rings (SSSR count). The van der Waals surface area contributed by atoms with Crippen molar-refractivity contribution in [3.05, 3.63) is 36.5 Å². The van der Waals surface area contributed by atoms with Gasteiger partial charge in [0.25, 0.3) is 0 Å². The van der Waals surface area contributed by atoms with Gasteiger partial charge in [0, 0.05) is 11.9 Å². The van der Waals surface area contributed by atoms with Crippen molar-refractivity contribution in [2.24, 2.45) is 0 Å². The molecular weight excluding hydrogens is 202 g/mol. The second-order valence-corrected chi connectivity index (χ2v) is 3.78. The lowest BCUT2D eigenvalue weighted by Gasteiger charge is -2.29. The molecule has 1 aromatic carbocycles. The molecule has 1 aliphatic heterocycles. The molecular formula is C13H17NO2. The SMILES string of the molecule is CCOc1ccc(N2C=CCCC2O)cc1. The zero-order valence-corrected chi connectivity index (χ0v) is 9.47. The lowest BCUT2D eigenvalue weighted by molar-refractivity contribution is 0.166. The molecule has 3 heteroatoms. The van der Waals surface area contributed by atoms with Gasteiger partial charge < -0.3 is 14.7 Å². The Bertz CT molecular complexity index is 359. The number of hydrogen-bond acceptors (Lipinski definition) is 3. The van der Waals surface area contributed by atoms with Gasteiger partial charge in [0.15, 0.2) is 0 Å². The largest absolute Gasteiger partial charge is 0.494 e. The maximum absolute atomic E-state index is 9.84. The summed E-state index contributed by atoms with van der Waals surface area (Å²) in [5.41, 5.74) is 0.993. The van der Waals surface area contributed by atoms with Crippen LogP contribution in [0, 0.1) is 0 Å². The van der Waals surface area contributed by atoms with Crippen LogP contribution in [0.2, 0.25) is 0 Å². The Hall–Kier alpha value is -1.48. The highest BCUT2D eigenvalue weighted by molar-refractivity contribution is 5.52. The molecule has 1 aromatic rings. The Kier molecular flexibility index (Phi) is 3.47. The summed E-state index contributed by atoms with van der Waals surface area (Å²) >= 11 is 0. The lowest BCUT2D eigenvalue weighted by atomic mass is 10.1. The normalized spacial score (nSPS) is 19.9. The van der Waals surface area contributed by atoms with Crippen LogP contribution in [-0.4, -0.2) is 17.9 Å². The van der Waals surface area contributed by atoms with E-state index in [1.54, 1.807) is 0 Å². The molecule has 1 heterocycles. The van der Waals surface area contributed by atoms with Gasteiger partial charge in [-0.05, 0) is 44.0 Å². The van der Waals surface area contributed by atoms with Crippen LogP contribution in [0.15, 0.2) is 36.5 Å². The van der Waals surface area contributed by atoms with E-state index in [1.165, 1.54) is 0 Å². The van der Waals surface area contributed by atoms with Crippen LogP contribution in [-0.2, 0) is 0 Å². The van der Waals surface area contributed by atoms with Crippen LogP contribution in [0.5, 0.6) is 5.75 Å². The van der Waals surface area contributed by atoms with Gasteiger partial charge >= 0.3 is 0 Å². The maximum atomic E-state index is 9.84. The summed E-state index contributed by atoms with van der Waals surface area (Å²) in [5, 5.41) is 9.84. The van der Waals surface area contributed by atoms with Crippen molar-refractivity contribution in [2.75, 3.05) is 11.5 Å². The first-order valence-electron chi connectivity index (χ1n) is 5.67. The Morgan fingerprint density at radius 1 is 1.38 bits per heavy atom. The van der Waals surface area contributed by atoms with E-state index in [0.29, 0.717) is 6.61 Å². The molecule has 1 atom stereocenters. The van der Waals surface area contributed by atoms with Crippen molar-refractivity contribution in [3.8, 4) is 5.75 Å². The molecule has 0 radical (unpaired) electrons. The molecule has 0 aromatic heterocycles. The van der Waals surface area contributed by atoms with Crippen molar-refractivity contribution >= 4 is 5.69 Å². The van der Waals surface area contributed by atoms with Gasteiger partial charge in [0.2, 0.25) is 0 Å². The Morgan fingerprint density at radius 2 is 2.12 bits per heavy atom. The number of rotatable bonds is 3. The molecule has 0 fully saturated rings. The second-order valence-electron chi connectivity index (χ2n) is 3.78. The zero-order chi connectivity index (χ0) is 11.4. The highest BCUT2D eigenvalue weighted by Crippen LogP contribution is 2.24. The number of aliphatic hydroxyl groups excluding tert-OH is 1. The molecule has 0 spiro atoms. The van der Waals surface area contributed by atoms with E-state index in [9.17, 15) is 5.11 Å². The summed E-state index contributed by atoms with van der Waals surface area (Å²) in [6, 6.07) is 7.77. The fourth-order valence-corrected chi connectivity index (χ4v) is 1.81. The summed E-state index contributed by atoms with van der Waals surface area (Å²) in [6.07, 6.45) is 5.31. The molecule has 0 saturated carbocycles. The zero-order valence-electron chi connectivity index (χ0n) is 9.47. The molecule has 86 valence electrons. The quantitative estimate of drug-likeness (QED) is 0.847. The minimum atomic E-state index is -0.414. The molecule has 1 unspecified atom stereocenters. The topological polar surface area (TPSA) is 32.7 Å². The number of aliphatic hydroxyl groups is 1. The van der Waals surface area contributed by atoms with Gasteiger partial charge in [-0.25, -0.2) is 0 Å². The van der Waals surface area contributed by atoms with E-state index in [1.807, 2.05) is 42.3 Å². The third-order valence-corrected chi connectivity index (χ3v) is 2.62. The van der Waals surface area contributed by atoms with Crippen LogP contribution in [0.4, 0.5) is 5.69 Å². The highest BCUT2D eigenvalue weighted by atomic mass is 16.5. The predicted molar refractivity (Wildman–Crippen MR) is 64.5 cm³/mol. The molecule has 0 saturated heterocycles. The van der Waals surface area contributed by atoms with Crippen LogP contribution >= 0.6 is 0 Å². The minimum absolute atomic E-state index is 0.414. The maximum Gasteiger partial charge on any atom is 0.131 e. The average Bonchev–Trinajstić information content (AvgIpc) is 2.31. The molecule has 0 bridgehead atoms. The van der Waals surface area contributed by atoms with Gasteiger partial charge in [-0.2, -0.15) is 0 Å².